The molecule has 4 unspecified atom stereocenters. The van der Waals surface area contributed by atoms with Gasteiger partial charge in [0.25, 0.3) is 0 Å². The second-order valence-corrected chi connectivity index (χ2v) is 7.44. The van der Waals surface area contributed by atoms with Crippen molar-refractivity contribution in [1.29, 1.82) is 0 Å². The number of nitrogens with zero attached hydrogens (tertiary/aromatic N) is 3. The van der Waals surface area contributed by atoms with E-state index in [9.17, 15) is 9.59 Å². The maximum Gasteiger partial charge on any atom is 0.234 e. The van der Waals surface area contributed by atoms with Gasteiger partial charge >= 0.3 is 0 Å². The zero-order chi connectivity index (χ0) is 16.5. The van der Waals surface area contributed by atoms with Crippen LogP contribution < -0.4 is 0 Å². The smallest absolute Gasteiger partial charge is 0.234 e. The van der Waals surface area contributed by atoms with Gasteiger partial charge in [0, 0.05) is 18.3 Å². The van der Waals surface area contributed by atoms with Crippen molar-refractivity contribution in [2.45, 2.75) is 40.2 Å². The lowest BCUT2D eigenvalue weighted by Gasteiger charge is -2.19. The normalized spacial score (nSPS) is 32.2. The molecule has 1 aliphatic heterocycles. The average molecular weight is 313 g/mol. The van der Waals surface area contributed by atoms with Gasteiger partial charge in [0.05, 0.1) is 24.6 Å². The largest absolute Gasteiger partial charge is 0.277 e. The van der Waals surface area contributed by atoms with Crippen molar-refractivity contribution in [3.8, 4) is 0 Å². The van der Waals surface area contributed by atoms with E-state index < -0.39 is 0 Å². The maximum absolute atomic E-state index is 12.9. The number of fused-ring (bicyclic) bond motifs is 5. The Morgan fingerprint density at radius 1 is 1.17 bits per heavy atom. The Hall–Kier alpha value is -1.91. The van der Waals surface area contributed by atoms with E-state index >= 15 is 0 Å². The number of rotatable bonds is 2. The number of amides is 2. The Morgan fingerprint density at radius 3 is 2.17 bits per heavy atom. The molecule has 0 radical (unpaired) electrons. The quantitative estimate of drug-likeness (QED) is 0.621. The first-order chi connectivity index (χ1) is 10.9. The summed E-state index contributed by atoms with van der Waals surface area (Å²) in [5.41, 5.74) is 4.68. The molecule has 3 fully saturated rings. The van der Waals surface area contributed by atoms with Crippen molar-refractivity contribution in [1.82, 2.24) is 14.7 Å². The Labute approximate surface area is 136 Å². The van der Waals surface area contributed by atoms with Crippen molar-refractivity contribution in [3.63, 3.8) is 0 Å². The summed E-state index contributed by atoms with van der Waals surface area (Å²) in [6.07, 6.45) is 3.89. The third-order valence-electron chi connectivity index (χ3n) is 6.19. The molecule has 2 bridgehead atoms. The van der Waals surface area contributed by atoms with Crippen LogP contribution in [-0.2, 0) is 23.2 Å². The lowest BCUT2D eigenvalue weighted by molar-refractivity contribution is -0.141. The van der Waals surface area contributed by atoms with E-state index in [0.717, 1.165) is 24.1 Å². The molecular formula is C18H23N3O2. The number of imide groups is 1. The first kappa shape index (κ1) is 14.7. The van der Waals surface area contributed by atoms with Gasteiger partial charge in [0.15, 0.2) is 0 Å². The van der Waals surface area contributed by atoms with Gasteiger partial charge in [-0.25, -0.2) is 0 Å². The van der Waals surface area contributed by atoms with E-state index in [1.165, 1.54) is 16.0 Å². The molecule has 4 atom stereocenters. The molecule has 5 nitrogen and oxygen atoms in total. The van der Waals surface area contributed by atoms with Crippen LogP contribution in [0.15, 0.2) is 17.3 Å². The highest BCUT2D eigenvalue weighted by molar-refractivity contribution is 6.06. The van der Waals surface area contributed by atoms with Gasteiger partial charge in [-0.15, -0.1) is 0 Å². The number of carbonyl (C=O) groups excluding carboxylic acids is 2. The number of likely N-dealkylation sites (tertiary alicyclic amines) is 1. The van der Waals surface area contributed by atoms with Gasteiger partial charge < -0.3 is 0 Å². The molecular weight excluding hydrogens is 290 g/mol. The molecule has 0 spiro atoms. The first-order valence-electron chi connectivity index (χ1n) is 8.41. The molecule has 3 aliphatic rings. The summed E-state index contributed by atoms with van der Waals surface area (Å²) in [5, 5.41) is 4.22. The van der Waals surface area contributed by atoms with Crippen molar-refractivity contribution < 1.29 is 9.59 Å². The maximum atomic E-state index is 12.9. The molecule has 1 saturated heterocycles. The van der Waals surface area contributed by atoms with Gasteiger partial charge in [-0.2, -0.15) is 5.10 Å². The summed E-state index contributed by atoms with van der Waals surface area (Å²) in [6.45, 7) is 6.58. The monoisotopic (exact) mass is 313 g/mol. The SMILES string of the molecule is CC(C)=C1C2CCC1C1C(=O)N(Cc3cnn(C)c3C)C(=O)C21. The lowest BCUT2D eigenvalue weighted by Crippen LogP contribution is -2.32. The van der Waals surface area contributed by atoms with E-state index in [4.69, 9.17) is 0 Å². The average Bonchev–Trinajstić information content (AvgIpc) is 3.21. The Balaban J connectivity index is 1.66. The van der Waals surface area contributed by atoms with Gasteiger partial charge in [-0.05, 0) is 45.4 Å². The summed E-state index contributed by atoms with van der Waals surface area (Å²) in [6, 6.07) is 0. The molecule has 0 aromatic carbocycles. The van der Waals surface area contributed by atoms with Gasteiger partial charge in [0.2, 0.25) is 11.8 Å². The van der Waals surface area contributed by atoms with E-state index in [2.05, 4.69) is 18.9 Å². The molecule has 5 heteroatoms. The Morgan fingerprint density at radius 2 is 1.74 bits per heavy atom. The molecule has 2 saturated carbocycles. The molecule has 1 aromatic heterocycles. The molecule has 2 aliphatic carbocycles. The summed E-state index contributed by atoms with van der Waals surface area (Å²) in [4.78, 5) is 27.4. The fourth-order valence-electron chi connectivity index (χ4n) is 5.08. The highest BCUT2D eigenvalue weighted by Crippen LogP contribution is 2.60. The van der Waals surface area contributed by atoms with Crippen molar-refractivity contribution in [2.24, 2.45) is 30.7 Å². The topological polar surface area (TPSA) is 55.2 Å². The van der Waals surface area contributed by atoms with Crippen LogP contribution in [-0.4, -0.2) is 26.5 Å². The van der Waals surface area contributed by atoms with Crippen LogP contribution in [0.5, 0.6) is 0 Å². The zero-order valence-corrected chi connectivity index (χ0v) is 14.2. The van der Waals surface area contributed by atoms with Crippen LogP contribution in [0.4, 0.5) is 0 Å². The fourth-order valence-corrected chi connectivity index (χ4v) is 5.08. The van der Waals surface area contributed by atoms with Crippen molar-refractivity contribution in [2.75, 3.05) is 0 Å². The first-order valence-corrected chi connectivity index (χ1v) is 8.41. The molecule has 4 rings (SSSR count). The molecule has 23 heavy (non-hydrogen) atoms. The summed E-state index contributed by atoms with van der Waals surface area (Å²) in [5.74, 6) is 0.451. The molecule has 0 N–H and O–H groups in total. The Kier molecular flexibility index (Phi) is 3.06. The van der Waals surface area contributed by atoms with Crippen LogP contribution in [0, 0.1) is 30.6 Å². The minimum Gasteiger partial charge on any atom is -0.277 e. The Bertz CT molecular complexity index is 709. The minimum atomic E-state index is -0.108. The summed E-state index contributed by atoms with van der Waals surface area (Å²) < 4.78 is 1.78. The van der Waals surface area contributed by atoms with Crippen molar-refractivity contribution >= 4 is 11.8 Å². The highest BCUT2D eigenvalue weighted by Gasteiger charge is 2.63. The second kappa shape index (κ2) is 4.79. The van der Waals surface area contributed by atoms with Crippen LogP contribution in [0.3, 0.4) is 0 Å². The standard InChI is InChI=1S/C18H23N3O2/c1-9(2)14-12-5-6-13(14)16-15(12)17(22)21(18(16)23)8-11-7-19-20(4)10(11)3/h7,12-13,15-16H,5-6,8H2,1-4H3. The summed E-state index contributed by atoms with van der Waals surface area (Å²) in [7, 11) is 1.88. The van der Waals surface area contributed by atoms with Gasteiger partial charge in [-0.3, -0.25) is 19.2 Å². The van der Waals surface area contributed by atoms with Gasteiger partial charge in [-0.1, -0.05) is 11.1 Å². The van der Waals surface area contributed by atoms with Crippen LogP contribution in [0.2, 0.25) is 0 Å². The number of aromatic nitrogens is 2. The summed E-state index contributed by atoms with van der Waals surface area (Å²) >= 11 is 0. The predicted octanol–water partition coefficient (Wildman–Crippen LogP) is 2.21. The van der Waals surface area contributed by atoms with Crippen LogP contribution in [0.25, 0.3) is 0 Å². The van der Waals surface area contributed by atoms with Gasteiger partial charge in [0.1, 0.15) is 0 Å². The zero-order valence-electron chi connectivity index (χ0n) is 14.2. The number of hydrogen-bond acceptors (Lipinski definition) is 3. The van der Waals surface area contributed by atoms with Crippen LogP contribution in [0.1, 0.15) is 37.9 Å². The van der Waals surface area contributed by atoms with Crippen LogP contribution >= 0.6 is 0 Å². The second-order valence-electron chi connectivity index (χ2n) is 7.44. The molecule has 122 valence electrons. The van der Waals surface area contributed by atoms with E-state index in [1.54, 1.807) is 10.9 Å². The van der Waals surface area contributed by atoms with E-state index in [0.29, 0.717) is 18.4 Å². The highest BCUT2D eigenvalue weighted by atomic mass is 16.2. The lowest BCUT2D eigenvalue weighted by atomic mass is 9.81. The number of allylic oxidation sites excluding steroid dienone is 2. The van der Waals surface area contributed by atoms with E-state index in [1.807, 2.05) is 14.0 Å². The van der Waals surface area contributed by atoms with Crippen molar-refractivity contribution in [3.05, 3.63) is 28.6 Å². The molecule has 2 heterocycles. The molecule has 2 amide bonds. The fraction of sp³-hybridized carbons (Fsp3) is 0.611. The third-order valence-corrected chi connectivity index (χ3v) is 6.19. The third kappa shape index (κ3) is 1.82. The molecule has 1 aromatic rings. The minimum absolute atomic E-state index is 0.0363. The number of aryl methyl sites for hydroxylation is 1. The predicted molar refractivity (Wildman–Crippen MR) is 85.1 cm³/mol. The number of carbonyl (C=O) groups is 2. The van der Waals surface area contributed by atoms with E-state index in [-0.39, 0.29) is 23.7 Å². The number of hydrogen-bond donors (Lipinski definition) is 0.